The SMILES string of the molecule is CCOC(=O)Cc1c(OC(F)F)ccc(C=O)c1Cl. The minimum absolute atomic E-state index is 0.00465. The van der Waals surface area contributed by atoms with Gasteiger partial charge in [0.2, 0.25) is 0 Å². The Hall–Kier alpha value is -1.69. The van der Waals surface area contributed by atoms with E-state index in [0.29, 0.717) is 6.29 Å². The molecule has 1 aromatic carbocycles. The van der Waals surface area contributed by atoms with Crippen LogP contribution in [0.15, 0.2) is 12.1 Å². The molecule has 0 atom stereocenters. The van der Waals surface area contributed by atoms with Crippen LogP contribution in [0.3, 0.4) is 0 Å². The molecule has 0 spiro atoms. The second kappa shape index (κ2) is 7.04. The van der Waals surface area contributed by atoms with E-state index in [4.69, 9.17) is 16.3 Å². The summed E-state index contributed by atoms with van der Waals surface area (Å²) in [6.45, 7) is -1.30. The lowest BCUT2D eigenvalue weighted by Gasteiger charge is -2.13. The van der Waals surface area contributed by atoms with Crippen molar-refractivity contribution in [1.29, 1.82) is 0 Å². The molecule has 0 aromatic heterocycles. The maximum atomic E-state index is 12.2. The Balaban J connectivity index is 3.14. The number of alkyl halides is 2. The predicted octanol–water partition coefficient (Wildman–Crippen LogP) is 2.86. The van der Waals surface area contributed by atoms with Gasteiger partial charge in [0.05, 0.1) is 18.1 Å². The smallest absolute Gasteiger partial charge is 0.387 e. The van der Waals surface area contributed by atoms with E-state index in [2.05, 4.69) is 4.74 Å². The lowest BCUT2D eigenvalue weighted by Crippen LogP contribution is -2.12. The average molecular weight is 293 g/mol. The number of ether oxygens (including phenoxy) is 2. The summed E-state index contributed by atoms with van der Waals surface area (Å²) in [5.74, 6) is -0.898. The van der Waals surface area contributed by atoms with Crippen molar-refractivity contribution in [3.8, 4) is 5.75 Å². The number of aldehydes is 1. The first-order valence-corrected chi connectivity index (χ1v) is 5.74. The molecule has 0 aliphatic carbocycles. The summed E-state index contributed by atoms with van der Waals surface area (Å²) >= 11 is 5.88. The number of rotatable bonds is 6. The molecule has 0 N–H and O–H groups in total. The maximum absolute atomic E-state index is 12.2. The molecule has 0 saturated heterocycles. The van der Waals surface area contributed by atoms with Crippen LogP contribution in [-0.2, 0) is 16.0 Å². The van der Waals surface area contributed by atoms with E-state index in [1.807, 2.05) is 0 Å². The Labute approximate surface area is 113 Å². The molecular weight excluding hydrogens is 282 g/mol. The van der Waals surface area contributed by atoms with Crippen molar-refractivity contribution in [1.82, 2.24) is 0 Å². The lowest BCUT2D eigenvalue weighted by atomic mass is 10.1. The average Bonchev–Trinajstić information content (AvgIpc) is 2.34. The summed E-state index contributed by atoms with van der Waals surface area (Å²) in [6, 6.07) is 2.40. The fraction of sp³-hybridized carbons (Fsp3) is 0.333. The second-order valence-electron chi connectivity index (χ2n) is 3.42. The zero-order chi connectivity index (χ0) is 14.4. The van der Waals surface area contributed by atoms with E-state index in [0.717, 1.165) is 6.07 Å². The summed E-state index contributed by atoms with van der Waals surface area (Å²) in [6.07, 6.45) is 0.111. The van der Waals surface area contributed by atoms with Crippen LogP contribution in [0.1, 0.15) is 22.8 Å². The van der Waals surface area contributed by atoms with Crippen LogP contribution < -0.4 is 4.74 Å². The Morgan fingerprint density at radius 3 is 2.68 bits per heavy atom. The van der Waals surface area contributed by atoms with Crippen LogP contribution in [0.25, 0.3) is 0 Å². The van der Waals surface area contributed by atoms with E-state index in [1.54, 1.807) is 6.92 Å². The van der Waals surface area contributed by atoms with Crippen LogP contribution >= 0.6 is 11.6 Å². The van der Waals surface area contributed by atoms with Gasteiger partial charge in [0, 0.05) is 11.1 Å². The molecule has 4 nitrogen and oxygen atoms in total. The molecule has 1 aromatic rings. The van der Waals surface area contributed by atoms with Crippen molar-refractivity contribution in [3.63, 3.8) is 0 Å². The standard InChI is InChI=1S/C12H11ClF2O4/c1-2-18-10(17)5-8-9(19-12(14)15)4-3-7(6-16)11(8)13/h3-4,6,12H,2,5H2,1H3. The molecule has 0 heterocycles. The predicted molar refractivity (Wildman–Crippen MR) is 63.8 cm³/mol. The summed E-state index contributed by atoms with van der Waals surface area (Å²) in [5, 5.41) is -0.0961. The van der Waals surface area contributed by atoms with Crippen molar-refractivity contribution in [2.75, 3.05) is 6.61 Å². The molecule has 7 heteroatoms. The molecule has 19 heavy (non-hydrogen) atoms. The van der Waals surface area contributed by atoms with Crippen molar-refractivity contribution < 1.29 is 27.8 Å². The van der Waals surface area contributed by atoms with Crippen LogP contribution in [0, 0.1) is 0 Å². The van der Waals surface area contributed by atoms with Gasteiger partial charge in [0.1, 0.15) is 5.75 Å². The minimum atomic E-state index is -3.06. The first-order valence-electron chi connectivity index (χ1n) is 5.36. The number of carbonyl (C=O) groups excluding carboxylic acids is 2. The first-order chi connectivity index (χ1) is 8.99. The van der Waals surface area contributed by atoms with Gasteiger partial charge in [-0.2, -0.15) is 8.78 Å². The van der Waals surface area contributed by atoms with Gasteiger partial charge in [-0.05, 0) is 19.1 Å². The number of benzene rings is 1. The Morgan fingerprint density at radius 2 is 2.16 bits per heavy atom. The number of hydrogen-bond acceptors (Lipinski definition) is 4. The van der Waals surface area contributed by atoms with Crippen molar-refractivity contribution >= 4 is 23.9 Å². The summed E-state index contributed by atoms with van der Waals surface area (Å²) < 4.78 is 33.5. The number of carbonyl (C=O) groups is 2. The van der Waals surface area contributed by atoms with Gasteiger partial charge in [0.25, 0.3) is 0 Å². The third-order valence-electron chi connectivity index (χ3n) is 2.20. The maximum Gasteiger partial charge on any atom is 0.387 e. The van der Waals surface area contributed by atoms with E-state index < -0.39 is 12.6 Å². The normalized spacial score (nSPS) is 10.4. The molecule has 0 aliphatic rings. The summed E-state index contributed by atoms with van der Waals surface area (Å²) in [7, 11) is 0. The molecule has 0 unspecified atom stereocenters. The summed E-state index contributed by atoms with van der Waals surface area (Å²) in [5.41, 5.74) is 0.0904. The largest absolute Gasteiger partial charge is 0.466 e. The number of hydrogen-bond donors (Lipinski definition) is 0. The highest BCUT2D eigenvalue weighted by molar-refractivity contribution is 6.34. The monoisotopic (exact) mass is 292 g/mol. The quantitative estimate of drug-likeness (QED) is 0.597. The van der Waals surface area contributed by atoms with Gasteiger partial charge in [-0.15, -0.1) is 0 Å². The van der Waals surface area contributed by atoms with Crippen molar-refractivity contribution in [2.45, 2.75) is 20.0 Å². The zero-order valence-corrected chi connectivity index (χ0v) is 10.7. The fourth-order valence-corrected chi connectivity index (χ4v) is 1.71. The molecule has 0 fully saturated rings. The Bertz CT molecular complexity index is 477. The van der Waals surface area contributed by atoms with Crippen LogP contribution in [-0.4, -0.2) is 25.5 Å². The minimum Gasteiger partial charge on any atom is -0.466 e. The third kappa shape index (κ3) is 4.17. The van der Waals surface area contributed by atoms with E-state index in [-0.39, 0.29) is 34.9 Å². The fourth-order valence-electron chi connectivity index (χ4n) is 1.44. The molecular formula is C12H11ClF2O4. The highest BCUT2D eigenvalue weighted by Gasteiger charge is 2.19. The van der Waals surface area contributed by atoms with Gasteiger partial charge in [-0.25, -0.2) is 0 Å². The van der Waals surface area contributed by atoms with Gasteiger partial charge in [-0.3, -0.25) is 9.59 Å². The third-order valence-corrected chi connectivity index (χ3v) is 2.65. The number of esters is 1. The summed E-state index contributed by atoms with van der Waals surface area (Å²) in [4.78, 5) is 22.1. The molecule has 0 bridgehead atoms. The molecule has 0 aliphatic heterocycles. The lowest BCUT2D eigenvalue weighted by molar-refractivity contribution is -0.142. The highest BCUT2D eigenvalue weighted by atomic mass is 35.5. The van der Waals surface area contributed by atoms with Crippen molar-refractivity contribution in [3.05, 3.63) is 28.3 Å². The van der Waals surface area contributed by atoms with Gasteiger partial charge in [-0.1, -0.05) is 11.6 Å². The molecule has 0 saturated carbocycles. The van der Waals surface area contributed by atoms with Gasteiger partial charge in [0.15, 0.2) is 6.29 Å². The Kier molecular flexibility index (Phi) is 5.69. The first kappa shape index (κ1) is 15.4. The van der Waals surface area contributed by atoms with Crippen molar-refractivity contribution in [2.24, 2.45) is 0 Å². The van der Waals surface area contributed by atoms with Crippen LogP contribution in [0.4, 0.5) is 8.78 Å². The van der Waals surface area contributed by atoms with E-state index >= 15 is 0 Å². The van der Waals surface area contributed by atoms with Crippen LogP contribution in [0.2, 0.25) is 5.02 Å². The van der Waals surface area contributed by atoms with E-state index in [9.17, 15) is 18.4 Å². The molecule has 0 amide bonds. The zero-order valence-electron chi connectivity index (χ0n) is 9.99. The number of halogens is 3. The molecule has 104 valence electrons. The van der Waals surface area contributed by atoms with E-state index in [1.165, 1.54) is 6.07 Å². The second-order valence-corrected chi connectivity index (χ2v) is 3.80. The highest BCUT2D eigenvalue weighted by Crippen LogP contribution is 2.31. The van der Waals surface area contributed by atoms with Crippen LogP contribution in [0.5, 0.6) is 5.75 Å². The van der Waals surface area contributed by atoms with Gasteiger partial charge >= 0.3 is 12.6 Å². The molecule has 0 radical (unpaired) electrons. The van der Waals surface area contributed by atoms with Gasteiger partial charge < -0.3 is 9.47 Å². The Morgan fingerprint density at radius 1 is 1.47 bits per heavy atom. The topological polar surface area (TPSA) is 52.6 Å². The molecule has 1 rings (SSSR count).